The molecule has 0 spiro atoms. The Morgan fingerprint density at radius 1 is 1.24 bits per heavy atom. The van der Waals surface area contributed by atoms with E-state index in [4.69, 9.17) is 5.73 Å². The summed E-state index contributed by atoms with van der Waals surface area (Å²) in [6.07, 6.45) is 0.906. The minimum atomic E-state index is -0.139. The fourth-order valence-electron chi connectivity index (χ4n) is 2.92. The maximum Gasteiger partial charge on any atom is 0.234 e. The molecule has 1 aliphatic heterocycles. The van der Waals surface area contributed by atoms with Gasteiger partial charge in [-0.3, -0.25) is 4.79 Å². The second kappa shape index (κ2) is 5.24. The first kappa shape index (κ1) is 13.7. The zero-order valence-electron chi connectivity index (χ0n) is 12.5. The number of nitrogen functional groups attached to an aromatic ring is 1. The predicted octanol–water partition coefficient (Wildman–Crippen LogP) is 3.27. The van der Waals surface area contributed by atoms with Gasteiger partial charge in [-0.2, -0.15) is 0 Å². The summed E-state index contributed by atoms with van der Waals surface area (Å²) < 4.78 is 0. The first-order valence-electron chi connectivity index (χ1n) is 7.33. The molecule has 1 atom stereocenters. The molecule has 1 unspecified atom stereocenters. The number of fused-ring (bicyclic) bond motifs is 1. The Kier molecular flexibility index (Phi) is 3.42. The Morgan fingerprint density at radius 3 is 2.67 bits per heavy atom. The molecular formula is C18H20N2O. The maximum atomic E-state index is 12.8. The molecule has 1 amide bonds. The topological polar surface area (TPSA) is 46.3 Å². The van der Waals surface area contributed by atoms with Crippen LogP contribution in [0.5, 0.6) is 0 Å². The Morgan fingerprint density at radius 2 is 1.95 bits per heavy atom. The Labute approximate surface area is 125 Å². The first-order chi connectivity index (χ1) is 10.1. The van der Waals surface area contributed by atoms with Crippen LogP contribution >= 0.6 is 0 Å². The molecule has 0 radical (unpaired) electrons. The highest BCUT2D eigenvalue weighted by atomic mass is 16.2. The van der Waals surface area contributed by atoms with E-state index in [0.717, 1.165) is 35.5 Å². The first-order valence-corrected chi connectivity index (χ1v) is 7.33. The summed E-state index contributed by atoms with van der Waals surface area (Å²) in [5.41, 5.74) is 11.1. The van der Waals surface area contributed by atoms with Gasteiger partial charge in [0.2, 0.25) is 5.91 Å². The molecule has 0 aliphatic carbocycles. The number of nitrogens with zero attached hydrogens (tertiary/aromatic N) is 1. The minimum absolute atomic E-state index is 0.139. The van der Waals surface area contributed by atoms with Crippen molar-refractivity contribution in [3.63, 3.8) is 0 Å². The van der Waals surface area contributed by atoms with Gasteiger partial charge in [0.05, 0.1) is 5.92 Å². The van der Waals surface area contributed by atoms with Gasteiger partial charge in [0.25, 0.3) is 0 Å². The molecule has 0 saturated carbocycles. The number of aryl methyl sites for hydroxylation is 1. The van der Waals surface area contributed by atoms with Gasteiger partial charge in [0.15, 0.2) is 0 Å². The van der Waals surface area contributed by atoms with Crippen molar-refractivity contribution in [2.45, 2.75) is 26.2 Å². The van der Waals surface area contributed by atoms with Crippen LogP contribution in [0.1, 0.15) is 29.5 Å². The maximum absolute atomic E-state index is 12.8. The highest BCUT2D eigenvalue weighted by Crippen LogP contribution is 2.34. The van der Waals surface area contributed by atoms with E-state index in [1.807, 2.05) is 55.1 Å². The normalized spacial score (nSPS) is 14.9. The fraction of sp³-hybridized carbons (Fsp3) is 0.278. The minimum Gasteiger partial charge on any atom is -0.398 e. The summed E-state index contributed by atoms with van der Waals surface area (Å²) in [5, 5.41) is 0. The van der Waals surface area contributed by atoms with Gasteiger partial charge in [0.1, 0.15) is 0 Å². The van der Waals surface area contributed by atoms with Crippen LogP contribution < -0.4 is 10.6 Å². The van der Waals surface area contributed by atoms with Crippen LogP contribution in [0, 0.1) is 6.92 Å². The van der Waals surface area contributed by atoms with Crippen molar-refractivity contribution in [2.75, 3.05) is 17.2 Å². The van der Waals surface area contributed by atoms with E-state index in [1.54, 1.807) is 0 Å². The van der Waals surface area contributed by atoms with Crippen LogP contribution in [-0.4, -0.2) is 12.5 Å². The van der Waals surface area contributed by atoms with Crippen molar-refractivity contribution in [1.82, 2.24) is 0 Å². The van der Waals surface area contributed by atoms with E-state index in [-0.39, 0.29) is 11.8 Å². The quantitative estimate of drug-likeness (QED) is 0.858. The van der Waals surface area contributed by atoms with Crippen LogP contribution in [0.4, 0.5) is 11.4 Å². The number of benzene rings is 2. The third-order valence-electron chi connectivity index (χ3n) is 4.30. The molecule has 0 aromatic heterocycles. The number of nitrogens with two attached hydrogens (primary N) is 1. The zero-order valence-corrected chi connectivity index (χ0v) is 12.5. The highest BCUT2D eigenvalue weighted by Gasteiger charge is 2.29. The van der Waals surface area contributed by atoms with E-state index < -0.39 is 0 Å². The van der Waals surface area contributed by atoms with Crippen molar-refractivity contribution in [1.29, 1.82) is 0 Å². The molecule has 21 heavy (non-hydrogen) atoms. The monoisotopic (exact) mass is 280 g/mol. The number of carbonyl (C=O) groups excluding carboxylic acids is 1. The van der Waals surface area contributed by atoms with E-state index in [9.17, 15) is 4.79 Å². The van der Waals surface area contributed by atoms with E-state index >= 15 is 0 Å². The summed E-state index contributed by atoms with van der Waals surface area (Å²) in [4.78, 5) is 14.7. The molecule has 3 heteroatoms. The van der Waals surface area contributed by atoms with Gasteiger partial charge in [-0.15, -0.1) is 0 Å². The molecule has 1 heterocycles. The largest absolute Gasteiger partial charge is 0.398 e. The third kappa shape index (κ3) is 2.40. The number of amides is 1. The van der Waals surface area contributed by atoms with Gasteiger partial charge < -0.3 is 10.6 Å². The van der Waals surface area contributed by atoms with Crippen molar-refractivity contribution in [3.05, 3.63) is 59.2 Å². The second-order valence-electron chi connectivity index (χ2n) is 5.71. The number of anilines is 2. The molecule has 1 aliphatic rings. The van der Waals surface area contributed by atoms with E-state index in [2.05, 4.69) is 6.07 Å². The Hall–Kier alpha value is -2.29. The molecule has 0 fully saturated rings. The summed E-state index contributed by atoms with van der Waals surface area (Å²) in [5.74, 6) is 0.00267. The van der Waals surface area contributed by atoms with E-state index in [0.29, 0.717) is 0 Å². The lowest BCUT2D eigenvalue weighted by molar-refractivity contribution is -0.119. The SMILES string of the molecule is Cc1cc2c(cc1N)N(C(=O)C(C)c1ccccc1)CC2. The van der Waals surface area contributed by atoms with Crippen molar-refractivity contribution < 1.29 is 4.79 Å². The summed E-state index contributed by atoms with van der Waals surface area (Å²) in [7, 11) is 0. The van der Waals surface area contributed by atoms with E-state index in [1.165, 1.54) is 5.56 Å². The smallest absolute Gasteiger partial charge is 0.234 e. The third-order valence-corrected chi connectivity index (χ3v) is 4.30. The lowest BCUT2D eigenvalue weighted by Crippen LogP contribution is -2.32. The average Bonchev–Trinajstić information content (AvgIpc) is 2.90. The van der Waals surface area contributed by atoms with Crippen molar-refractivity contribution in [3.8, 4) is 0 Å². The van der Waals surface area contributed by atoms with Crippen molar-refractivity contribution in [2.24, 2.45) is 0 Å². The standard InChI is InChI=1S/C18H20N2O/c1-12-10-15-8-9-20(17(15)11-16(12)19)18(21)13(2)14-6-4-3-5-7-14/h3-7,10-11,13H,8-9,19H2,1-2H3. The van der Waals surface area contributed by atoms with Crippen LogP contribution in [-0.2, 0) is 11.2 Å². The molecule has 108 valence electrons. The van der Waals surface area contributed by atoms with Gasteiger partial charge in [0, 0.05) is 17.9 Å². The van der Waals surface area contributed by atoms with Gasteiger partial charge in [-0.1, -0.05) is 36.4 Å². The molecule has 3 rings (SSSR count). The van der Waals surface area contributed by atoms with Crippen LogP contribution in [0.2, 0.25) is 0 Å². The van der Waals surface area contributed by atoms with Crippen LogP contribution in [0.3, 0.4) is 0 Å². The summed E-state index contributed by atoms with van der Waals surface area (Å²) >= 11 is 0. The second-order valence-corrected chi connectivity index (χ2v) is 5.71. The Bertz CT molecular complexity index is 679. The van der Waals surface area contributed by atoms with Gasteiger partial charge in [-0.25, -0.2) is 0 Å². The molecular weight excluding hydrogens is 260 g/mol. The molecule has 3 nitrogen and oxygen atoms in total. The summed E-state index contributed by atoms with van der Waals surface area (Å²) in [6.45, 7) is 4.72. The number of hydrogen-bond donors (Lipinski definition) is 1. The molecule has 0 saturated heterocycles. The predicted molar refractivity (Wildman–Crippen MR) is 86.5 cm³/mol. The molecule has 2 N–H and O–H groups in total. The molecule has 2 aromatic carbocycles. The van der Waals surface area contributed by atoms with Crippen molar-refractivity contribution >= 4 is 17.3 Å². The average molecular weight is 280 g/mol. The summed E-state index contributed by atoms with van der Waals surface area (Å²) in [6, 6.07) is 14.0. The highest BCUT2D eigenvalue weighted by molar-refractivity contribution is 6.00. The molecule has 0 bridgehead atoms. The lowest BCUT2D eigenvalue weighted by atomic mass is 9.99. The number of hydrogen-bond acceptors (Lipinski definition) is 2. The fourth-order valence-corrected chi connectivity index (χ4v) is 2.92. The molecule has 2 aromatic rings. The zero-order chi connectivity index (χ0) is 15.0. The lowest BCUT2D eigenvalue weighted by Gasteiger charge is -2.22. The van der Waals surface area contributed by atoms with Gasteiger partial charge >= 0.3 is 0 Å². The Balaban J connectivity index is 1.90. The van der Waals surface area contributed by atoms with Gasteiger partial charge in [-0.05, 0) is 43.0 Å². The number of carbonyl (C=O) groups is 1. The van der Waals surface area contributed by atoms with Crippen LogP contribution in [0.25, 0.3) is 0 Å². The van der Waals surface area contributed by atoms with Crippen LogP contribution in [0.15, 0.2) is 42.5 Å². The number of rotatable bonds is 2.